The summed E-state index contributed by atoms with van der Waals surface area (Å²) in [5.41, 5.74) is 0.387. The Kier molecular flexibility index (Phi) is 6.48. The van der Waals surface area contributed by atoms with Crippen LogP contribution in [0, 0.1) is 0 Å². The summed E-state index contributed by atoms with van der Waals surface area (Å²) < 4.78 is 15.6. The van der Waals surface area contributed by atoms with Gasteiger partial charge in [0.25, 0.3) is 5.91 Å². The highest BCUT2D eigenvalue weighted by Gasteiger charge is 2.40. The van der Waals surface area contributed by atoms with Crippen LogP contribution in [0.25, 0.3) is 0 Å². The number of methoxy groups -OCH3 is 1. The number of fused-ring (bicyclic) bond motifs is 1. The van der Waals surface area contributed by atoms with Gasteiger partial charge in [0.05, 0.1) is 25.3 Å². The van der Waals surface area contributed by atoms with Crippen molar-refractivity contribution in [1.29, 1.82) is 0 Å². The third-order valence-corrected chi connectivity index (χ3v) is 7.10. The first-order chi connectivity index (χ1) is 16.9. The Morgan fingerprint density at radius 3 is 2.66 bits per heavy atom. The molecule has 2 fully saturated rings. The molecule has 0 unspecified atom stereocenters. The van der Waals surface area contributed by atoms with Gasteiger partial charge in [0.1, 0.15) is 0 Å². The van der Waals surface area contributed by atoms with E-state index in [1.165, 1.54) is 0 Å². The Morgan fingerprint density at radius 1 is 1.17 bits per heavy atom. The van der Waals surface area contributed by atoms with Crippen LogP contribution in [0.3, 0.4) is 0 Å². The number of hydrogen-bond acceptors (Lipinski definition) is 8. The predicted octanol–water partition coefficient (Wildman–Crippen LogP) is 1.18. The van der Waals surface area contributed by atoms with E-state index in [2.05, 4.69) is 20.5 Å². The lowest BCUT2D eigenvalue weighted by molar-refractivity contribution is -0.122. The van der Waals surface area contributed by atoms with Crippen LogP contribution in [0.2, 0.25) is 0 Å². The van der Waals surface area contributed by atoms with Gasteiger partial charge >= 0.3 is 0 Å². The van der Waals surface area contributed by atoms with Crippen LogP contribution in [0.1, 0.15) is 41.6 Å². The summed E-state index contributed by atoms with van der Waals surface area (Å²) in [6, 6.07) is 9.04. The molecule has 2 amide bonds. The Balaban J connectivity index is 1.02. The molecule has 35 heavy (non-hydrogen) atoms. The van der Waals surface area contributed by atoms with Crippen molar-refractivity contribution >= 4 is 11.8 Å². The van der Waals surface area contributed by atoms with E-state index in [-0.39, 0.29) is 31.2 Å². The summed E-state index contributed by atoms with van der Waals surface area (Å²) in [5, 5.41) is 16.7. The van der Waals surface area contributed by atoms with Crippen LogP contribution >= 0.6 is 0 Å². The maximum absolute atomic E-state index is 12.3. The van der Waals surface area contributed by atoms with Gasteiger partial charge in [-0.05, 0) is 49.9 Å². The van der Waals surface area contributed by atoms with Crippen molar-refractivity contribution in [2.24, 2.45) is 0 Å². The van der Waals surface area contributed by atoms with E-state index in [9.17, 15) is 14.7 Å². The number of ether oxygens (including phenoxy) is 3. The van der Waals surface area contributed by atoms with Crippen molar-refractivity contribution in [3.63, 3.8) is 0 Å². The van der Waals surface area contributed by atoms with Crippen LogP contribution in [0.15, 0.2) is 36.5 Å². The summed E-state index contributed by atoms with van der Waals surface area (Å²) >= 11 is 0. The number of nitrogens with zero attached hydrogens (tertiary/aromatic N) is 2. The fraction of sp³-hybridized carbons (Fsp3) is 0.480. The molecule has 0 spiro atoms. The van der Waals surface area contributed by atoms with Crippen LogP contribution in [-0.2, 0) is 10.4 Å². The second-order valence-corrected chi connectivity index (χ2v) is 9.32. The standard InChI is InChI=1S/C25H30N4O6/c1-33-23-5-3-17(11-26-23)25(32)8-6-19(7-9-25)29-13-18(14-29)28-22(30)12-27-24(31)16-2-4-20-21(10-16)35-15-34-20/h2-5,10-11,18-19,32H,6-9,12-15H2,1H3,(H,27,31)(H,28,30)/t19-,25-. The molecule has 0 bridgehead atoms. The monoisotopic (exact) mass is 482 g/mol. The van der Waals surface area contributed by atoms with Gasteiger partial charge < -0.3 is 30.0 Å². The lowest BCUT2D eigenvalue weighted by atomic mass is 9.77. The molecular formula is C25H30N4O6. The minimum atomic E-state index is -0.857. The van der Waals surface area contributed by atoms with Gasteiger partial charge in [0.15, 0.2) is 11.5 Å². The number of carbonyl (C=O) groups excluding carboxylic acids is 2. The van der Waals surface area contributed by atoms with Crippen molar-refractivity contribution in [3.8, 4) is 17.4 Å². The first-order valence-electron chi connectivity index (χ1n) is 11.9. The lowest BCUT2D eigenvalue weighted by Crippen LogP contribution is -2.63. The van der Waals surface area contributed by atoms with Gasteiger partial charge in [-0.25, -0.2) is 4.98 Å². The van der Waals surface area contributed by atoms with Gasteiger partial charge in [-0.15, -0.1) is 0 Å². The zero-order valence-corrected chi connectivity index (χ0v) is 19.7. The predicted molar refractivity (Wildman–Crippen MR) is 125 cm³/mol. The van der Waals surface area contributed by atoms with Crippen molar-refractivity contribution in [2.45, 2.75) is 43.4 Å². The topological polar surface area (TPSA) is 122 Å². The molecule has 3 N–H and O–H groups in total. The quantitative estimate of drug-likeness (QED) is 0.538. The second kappa shape index (κ2) is 9.71. The van der Waals surface area contributed by atoms with Crippen LogP contribution in [0.4, 0.5) is 0 Å². The number of hydrogen-bond donors (Lipinski definition) is 3. The van der Waals surface area contributed by atoms with Crippen LogP contribution in [0.5, 0.6) is 17.4 Å². The molecule has 1 aliphatic carbocycles. The average Bonchev–Trinajstić information content (AvgIpc) is 3.33. The Hall–Kier alpha value is -3.37. The SMILES string of the molecule is COc1ccc([C@]2(O)CC[C@H](N3CC(NC(=O)CNC(=O)c4ccc5c(c4)OCO5)C3)CC2)cn1. The van der Waals surface area contributed by atoms with Gasteiger partial charge in [0, 0.05) is 42.5 Å². The van der Waals surface area contributed by atoms with E-state index in [1.807, 2.05) is 6.07 Å². The fourth-order valence-corrected chi connectivity index (χ4v) is 4.99. The number of nitrogens with one attached hydrogen (secondary N) is 2. The molecule has 2 aromatic rings. The molecule has 10 nitrogen and oxygen atoms in total. The van der Waals surface area contributed by atoms with E-state index < -0.39 is 5.60 Å². The van der Waals surface area contributed by atoms with Gasteiger partial charge in [-0.2, -0.15) is 0 Å². The smallest absolute Gasteiger partial charge is 0.251 e. The molecule has 3 heterocycles. The maximum Gasteiger partial charge on any atom is 0.251 e. The summed E-state index contributed by atoms with van der Waals surface area (Å²) in [7, 11) is 1.57. The molecular weight excluding hydrogens is 452 g/mol. The Bertz CT molecular complexity index is 1080. The summed E-state index contributed by atoms with van der Waals surface area (Å²) in [4.78, 5) is 31.2. The first kappa shape index (κ1) is 23.4. The maximum atomic E-state index is 12.3. The summed E-state index contributed by atoms with van der Waals surface area (Å²) in [5.74, 6) is 1.11. The second-order valence-electron chi connectivity index (χ2n) is 9.32. The zero-order valence-electron chi connectivity index (χ0n) is 19.7. The first-order valence-corrected chi connectivity index (χ1v) is 11.9. The average molecular weight is 483 g/mol. The molecule has 10 heteroatoms. The summed E-state index contributed by atoms with van der Waals surface area (Å²) in [6.45, 7) is 1.60. The highest BCUT2D eigenvalue weighted by Crippen LogP contribution is 2.39. The number of aromatic nitrogens is 1. The number of benzene rings is 1. The molecule has 3 aliphatic rings. The van der Waals surface area contributed by atoms with Gasteiger partial charge in [0.2, 0.25) is 18.6 Å². The molecule has 2 aliphatic heterocycles. The molecule has 5 rings (SSSR count). The van der Waals surface area contributed by atoms with Crippen molar-refractivity contribution in [2.75, 3.05) is 33.5 Å². The van der Waals surface area contributed by atoms with Crippen molar-refractivity contribution < 1.29 is 28.9 Å². The van der Waals surface area contributed by atoms with E-state index in [4.69, 9.17) is 14.2 Å². The van der Waals surface area contributed by atoms with E-state index in [0.717, 1.165) is 31.5 Å². The van der Waals surface area contributed by atoms with Gasteiger partial charge in [-0.1, -0.05) is 0 Å². The van der Waals surface area contributed by atoms with E-state index in [1.54, 1.807) is 37.6 Å². The molecule has 1 saturated heterocycles. The zero-order chi connectivity index (χ0) is 24.4. The third-order valence-electron chi connectivity index (χ3n) is 7.10. The lowest BCUT2D eigenvalue weighted by Gasteiger charge is -2.48. The number of aliphatic hydroxyl groups is 1. The Morgan fingerprint density at radius 2 is 1.94 bits per heavy atom. The molecule has 1 aromatic heterocycles. The molecule has 0 radical (unpaired) electrons. The minimum absolute atomic E-state index is 0.0662. The largest absolute Gasteiger partial charge is 0.481 e. The van der Waals surface area contributed by atoms with Crippen LogP contribution in [-0.4, -0.2) is 72.4 Å². The van der Waals surface area contributed by atoms with Crippen molar-refractivity contribution in [1.82, 2.24) is 20.5 Å². The fourth-order valence-electron chi connectivity index (χ4n) is 4.99. The molecule has 1 saturated carbocycles. The number of amides is 2. The summed E-state index contributed by atoms with van der Waals surface area (Å²) in [6.07, 6.45) is 4.80. The Labute approximate surface area is 203 Å². The number of pyridine rings is 1. The minimum Gasteiger partial charge on any atom is -0.481 e. The van der Waals surface area contributed by atoms with Crippen LogP contribution < -0.4 is 24.8 Å². The molecule has 1 aromatic carbocycles. The van der Waals surface area contributed by atoms with E-state index in [0.29, 0.717) is 41.8 Å². The third kappa shape index (κ3) is 5.03. The highest BCUT2D eigenvalue weighted by atomic mass is 16.7. The van der Waals surface area contributed by atoms with E-state index >= 15 is 0 Å². The van der Waals surface area contributed by atoms with Gasteiger partial charge in [-0.3, -0.25) is 14.5 Å². The highest BCUT2D eigenvalue weighted by molar-refractivity contribution is 5.97. The molecule has 186 valence electrons. The normalized spacial score (nSPS) is 23.9. The number of carbonyl (C=O) groups is 2. The number of rotatable bonds is 7. The molecule has 0 atom stereocenters. The van der Waals surface area contributed by atoms with Crippen molar-refractivity contribution in [3.05, 3.63) is 47.7 Å². The number of likely N-dealkylation sites (tertiary alicyclic amines) is 1.